The molecular weight excluding hydrogens is 2420 g/mol. The number of halogens is 6. The molecule has 147 heavy (non-hydrogen) atoms. The predicted molar refractivity (Wildman–Crippen MR) is 580 cm³/mol. The minimum atomic E-state index is -6.09. The fraction of sp³-hybridized carbons (Fsp3) is 0.0932. The molecule has 6 heterocycles. The standard InChI is InChI=1S/C24H16N2.C24H15N2.C17H20BNO2.C13H8BrN.2C12H10N.C7H3Br2N.C6H7BO2.CHF3O3S.2CH4O.2Ir/c2*25-17-18-13-22(19-7-2-1-3-8-19)16-23(14-18)20-9-6-10-21(15-20)24-11-4-5-12-26-24;1-16(2)17(3,4)21-18(20-16)14-9-7-8-13(12-14)15-10-5-6-11-19-15;14-13-7-10(9-15)6-12(8-13)11-4-2-1-3-5-11;2*1-10-6-5-9-12(13-10)11-7-3-2-4-8-11;8-6-1-5(4-10)2-7(9)3-6;8-7(9)6-4-2-1-3-5-6;2-1(3,4)8(5,6)7;2*1-2;;/h1-16H;1-9,11-16H;5-12H,1-4H3;1-8H;2*2-7,9H,1H3;1-3H;1-5,8-9H;(H,5,6,7);2*2H,1H3;;/q;-1;;;2*-1;;;;;;;/p-1. The van der Waals surface area contributed by atoms with Gasteiger partial charge in [-0.05, 0) is 247 Å². The van der Waals surface area contributed by atoms with Crippen molar-refractivity contribution < 1.29 is 95.9 Å². The average Bonchev–Trinajstić information content (AvgIpc) is 1.62. The first-order valence-electron chi connectivity index (χ1n) is 44.7. The van der Waals surface area contributed by atoms with Gasteiger partial charge in [0.25, 0.3) is 0 Å². The summed E-state index contributed by atoms with van der Waals surface area (Å²) in [6, 6.07) is 148. The van der Waals surface area contributed by atoms with Crippen LogP contribution in [-0.4, -0.2) is 103 Å². The summed E-state index contributed by atoms with van der Waals surface area (Å²) in [7, 11) is -5.77. The molecule has 0 atom stereocenters. The van der Waals surface area contributed by atoms with E-state index in [-0.39, 0.29) is 58.5 Å². The Balaban J connectivity index is 0.000000228. The second-order valence-corrected chi connectivity index (χ2v) is 36.1. The molecule has 1 fully saturated rings. The van der Waals surface area contributed by atoms with Gasteiger partial charge < -0.3 is 49.1 Å². The third kappa shape index (κ3) is 38.7. The molecule has 0 unspecified atom stereocenters. The third-order valence-corrected chi connectivity index (χ3v) is 23.1. The maximum Gasteiger partial charge on any atom is 0.494 e. The number of nitriles is 4. The van der Waals surface area contributed by atoms with Crippen LogP contribution in [-0.2, 0) is 59.6 Å². The van der Waals surface area contributed by atoms with Crippen molar-refractivity contribution in [3.05, 3.63) is 484 Å². The van der Waals surface area contributed by atoms with Gasteiger partial charge in [0.05, 0.1) is 69.1 Å². The first kappa shape index (κ1) is 120. The molecule has 0 amide bonds. The van der Waals surface area contributed by atoms with E-state index in [1.807, 2.05) is 311 Å². The summed E-state index contributed by atoms with van der Waals surface area (Å²) >= 11 is 9.95. The molecule has 744 valence electrons. The number of rotatable bonds is 12. The van der Waals surface area contributed by atoms with Crippen molar-refractivity contribution in [1.29, 1.82) is 21.0 Å². The molecular formula is C118H97B2Br3F3Ir2N9O9S-4. The summed E-state index contributed by atoms with van der Waals surface area (Å²) in [6.07, 6.45) is 5.38. The number of aryl methyl sites for hydroxylation is 2. The van der Waals surface area contributed by atoms with Crippen molar-refractivity contribution >= 4 is 83.1 Å². The second-order valence-electron chi connectivity index (χ2n) is 32.0. The van der Waals surface area contributed by atoms with E-state index in [0.717, 1.165) is 156 Å². The van der Waals surface area contributed by atoms with Gasteiger partial charge in [-0.1, -0.05) is 260 Å². The van der Waals surface area contributed by atoms with Crippen LogP contribution in [0.2, 0.25) is 0 Å². The molecule has 5 aromatic heterocycles. The molecule has 1 aliphatic heterocycles. The number of aliphatic hydroxyl groups is 2. The monoisotopic (exact) mass is 2520 g/mol. The molecule has 19 rings (SSSR count). The van der Waals surface area contributed by atoms with Crippen LogP contribution in [0.4, 0.5) is 13.2 Å². The zero-order chi connectivity index (χ0) is 105. The van der Waals surface area contributed by atoms with Gasteiger partial charge in [-0.3, -0.25) is 9.97 Å². The first-order valence-corrected chi connectivity index (χ1v) is 48.4. The van der Waals surface area contributed by atoms with Crippen molar-refractivity contribution in [3.63, 3.8) is 0 Å². The minimum absolute atomic E-state index is 0. The quantitative estimate of drug-likeness (QED) is 0.0382. The number of hydrogen-bond acceptors (Lipinski definition) is 18. The summed E-state index contributed by atoms with van der Waals surface area (Å²) in [5.41, 5.74) is 20.5. The number of aliphatic hydroxyl groups excluding tert-OH is 2. The number of hydrogen-bond donors (Lipinski definition) is 4. The number of nitrogens with zero attached hydrogens (tertiary/aromatic N) is 9. The van der Waals surface area contributed by atoms with Crippen LogP contribution in [0, 0.1) is 77.4 Å². The number of aromatic nitrogens is 5. The van der Waals surface area contributed by atoms with Gasteiger partial charge in [0.1, 0.15) is 0 Å². The summed E-state index contributed by atoms with van der Waals surface area (Å²) in [6.45, 7) is 12.2. The summed E-state index contributed by atoms with van der Waals surface area (Å²) in [5.74, 6) is 0. The number of benzene rings is 13. The maximum atomic E-state index is 10.7. The van der Waals surface area contributed by atoms with Crippen LogP contribution in [0.25, 0.3) is 112 Å². The van der Waals surface area contributed by atoms with Crippen molar-refractivity contribution in [2.24, 2.45) is 0 Å². The molecule has 2 radical (unpaired) electrons. The predicted octanol–water partition coefficient (Wildman–Crippen LogP) is 26.2. The largest absolute Gasteiger partial charge is 0.741 e. The van der Waals surface area contributed by atoms with Crippen LogP contribution < -0.4 is 10.9 Å². The zero-order valence-electron chi connectivity index (χ0n) is 80.7. The molecule has 0 bridgehead atoms. The fourth-order valence-electron chi connectivity index (χ4n) is 13.6. The topological polar surface area (TPSA) is 316 Å². The van der Waals surface area contributed by atoms with E-state index in [4.69, 9.17) is 53.1 Å². The molecule has 4 N–H and O–H groups in total. The van der Waals surface area contributed by atoms with Crippen molar-refractivity contribution in [1.82, 2.24) is 24.9 Å². The Hall–Kier alpha value is -14.1. The molecule has 13 aromatic carbocycles. The van der Waals surface area contributed by atoms with E-state index in [1.54, 1.807) is 55.0 Å². The van der Waals surface area contributed by atoms with Gasteiger partial charge in [-0.25, -0.2) is 8.42 Å². The van der Waals surface area contributed by atoms with Crippen molar-refractivity contribution in [2.45, 2.75) is 58.3 Å². The molecule has 18 aromatic rings. The van der Waals surface area contributed by atoms with E-state index in [9.17, 15) is 23.7 Å². The van der Waals surface area contributed by atoms with E-state index in [1.165, 1.54) is 0 Å². The Labute approximate surface area is 909 Å². The summed E-state index contributed by atoms with van der Waals surface area (Å²) in [4.78, 5) is 22.0. The average molecular weight is 2520 g/mol. The Bertz CT molecular complexity index is 7140. The van der Waals surface area contributed by atoms with Crippen molar-refractivity contribution in [2.75, 3.05) is 14.2 Å². The van der Waals surface area contributed by atoms with E-state index in [0.29, 0.717) is 27.7 Å². The Morgan fingerprint density at radius 3 is 1.02 bits per heavy atom. The molecule has 0 aliphatic carbocycles. The van der Waals surface area contributed by atoms with Gasteiger partial charge in [-0.2, -0.15) is 34.2 Å². The molecule has 1 aliphatic rings. The Morgan fingerprint density at radius 1 is 0.347 bits per heavy atom. The van der Waals surface area contributed by atoms with E-state index in [2.05, 4.69) is 210 Å². The maximum absolute atomic E-state index is 10.7. The molecule has 0 saturated carbocycles. The van der Waals surface area contributed by atoms with E-state index >= 15 is 0 Å². The molecule has 0 spiro atoms. The smallest absolute Gasteiger partial charge is 0.494 e. The van der Waals surface area contributed by atoms with Crippen LogP contribution >= 0.6 is 47.8 Å². The zero-order valence-corrected chi connectivity index (χ0v) is 91.1. The molecule has 1 saturated heterocycles. The number of pyridine rings is 5. The van der Waals surface area contributed by atoms with E-state index < -0.39 is 22.7 Å². The Kier molecular flexibility index (Phi) is 50.0. The molecule has 29 heteroatoms. The summed E-state index contributed by atoms with van der Waals surface area (Å²) in [5, 5.41) is 67.4. The van der Waals surface area contributed by atoms with Crippen molar-refractivity contribution in [3.8, 4) is 136 Å². The summed E-state index contributed by atoms with van der Waals surface area (Å²) < 4.78 is 73.9. The minimum Gasteiger partial charge on any atom is -0.741 e. The van der Waals surface area contributed by atoms with Crippen LogP contribution in [0.3, 0.4) is 0 Å². The second kappa shape index (κ2) is 61.4. The van der Waals surface area contributed by atoms with Gasteiger partial charge in [-0.15, -0.1) is 107 Å². The van der Waals surface area contributed by atoms with Crippen LogP contribution in [0.1, 0.15) is 61.3 Å². The van der Waals surface area contributed by atoms with Gasteiger partial charge in [0.15, 0.2) is 10.1 Å². The van der Waals surface area contributed by atoms with Gasteiger partial charge in [0.2, 0.25) is 0 Å². The fourth-order valence-corrected chi connectivity index (χ4v) is 15.4. The normalized spacial score (nSPS) is 11.2. The van der Waals surface area contributed by atoms with Gasteiger partial charge in [0, 0.05) is 103 Å². The molecule has 18 nitrogen and oxygen atoms in total. The van der Waals surface area contributed by atoms with Crippen LogP contribution in [0.15, 0.2) is 432 Å². The first-order chi connectivity index (χ1) is 69.8. The van der Waals surface area contributed by atoms with Gasteiger partial charge >= 0.3 is 19.7 Å². The Morgan fingerprint density at radius 2 is 0.653 bits per heavy atom. The SMILES string of the molecule is CC1(C)OB(c2cccc(-c3ccccn3)c2)OC1(C)C.CO.CO.Cc1cccc(-c2[c-]cccc2)n1.Cc1cccc(-c2[c-]cccc2)n1.N#Cc1cc(-c2ccccc2)cc(-c2cc[c-]c(-c3ccccn3)c2)c1.N#Cc1cc(-c2ccccc2)cc(-c2cccc(-c3ccccn3)c2)c1.N#Cc1cc(Br)cc(-c2ccccc2)c1.N#Cc1cc(Br)cc(Br)c1.O=S(=O)([O-])C(F)(F)F.OB(O)c1ccccc1.[Ir].[Ir]. The van der Waals surface area contributed by atoms with Crippen LogP contribution in [0.5, 0.6) is 0 Å². The number of alkyl halides is 3. The third-order valence-electron chi connectivity index (χ3n) is 21.2.